The number of anilines is 1. The minimum atomic E-state index is -2.96. The van der Waals surface area contributed by atoms with Crippen LogP contribution in [0.1, 0.15) is 12.0 Å². The summed E-state index contributed by atoms with van der Waals surface area (Å²) in [6, 6.07) is 2.69. The zero-order chi connectivity index (χ0) is 14.2. The molecule has 0 saturated carbocycles. The molecule has 0 amide bonds. The first kappa shape index (κ1) is 14.1. The summed E-state index contributed by atoms with van der Waals surface area (Å²) in [5.74, 6) is 0.255. The summed E-state index contributed by atoms with van der Waals surface area (Å²) in [5.41, 5.74) is 1.15. The van der Waals surface area contributed by atoms with Gasteiger partial charge in [0.1, 0.15) is 5.02 Å². The van der Waals surface area contributed by atoms with Gasteiger partial charge in [0.05, 0.1) is 16.4 Å². The molecule has 0 aromatic heterocycles. The molecule has 8 heteroatoms. The van der Waals surface area contributed by atoms with Gasteiger partial charge in [-0.25, -0.2) is 8.42 Å². The fraction of sp³-hybridized carbons (Fsp3) is 0.455. The van der Waals surface area contributed by atoms with E-state index in [2.05, 4.69) is 5.32 Å². The molecule has 1 atom stereocenters. The van der Waals surface area contributed by atoms with E-state index in [0.29, 0.717) is 17.7 Å². The van der Waals surface area contributed by atoms with Crippen molar-refractivity contribution >= 4 is 32.8 Å². The molecule has 1 heterocycles. The maximum absolute atomic E-state index is 11.4. The number of rotatable bonds is 3. The number of nitro groups is 1. The normalized spacial score (nSPS) is 21.3. The highest BCUT2D eigenvalue weighted by Crippen LogP contribution is 2.31. The van der Waals surface area contributed by atoms with Crippen LogP contribution >= 0.6 is 11.6 Å². The second-order valence-electron chi connectivity index (χ2n) is 4.62. The molecule has 1 unspecified atom stereocenters. The van der Waals surface area contributed by atoms with E-state index in [1.165, 1.54) is 12.1 Å². The lowest BCUT2D eigenvalue weighted by Gasteiger charge is -2.15. The predicted octanol–water partition coefficient (Wildman–Crippen LogP) is 2.16. The standard InChI is InChI=1S/C11H13ClN2O4S/c1-7-4-11(14(15)16)9(12)5-10(7)13-8-2-3-19(17,18)6-8/h4-5,8,13H,2-3,6H2,1H3. The third-order valence-electron chi connectivity index (χ3n) is 3.08. The van der Waals surface area contributed by atoms with Gasteiger partial charge < -0.3 is 5.32 Å². The van der Waals surface area contributed by atoms with E-state index >= 15 is 0 Å². The molecular weight excluding hydrogens is 292 g/mol. The highest BCUT2D eigenvalue weighted by molar-refractivity contribution is 7.91. The number of sulfone groups is 1. The van der Waals surface area contributed by atoms with E-state index in [1.807, 2.05) is 0 Å². The second kappa shape index (κ2) is 4.97. The van der Waals surface area contributed by atoms with Crippen LogP contribution in [0.5, 0.6) is 0 Å². The van der Waals surface area contributed by atoms with Crippen molar-refractivity contribution in [1.82, 2.24) is 0 Å². The Morgan fingerprint density at radius 2 is 2.16 bits per heavy atom. The van der Waals surface area contributed by atoms with E-state index < -0.39 is 14.8 Å². The molecule has 1 saturated heterocycles. The minimum absolute atomic E-state index is 0.0407. The Balaban J connectivity index is 2.22. The average Bonchev–Trinajstić information content (AvgIpc) is 2.62. The molecular formula is C11H13ClN2O4S. The Morgan fingerprint density at radius 3 is 2.68 bits per heavy atom. The van der Waals surface area contributed by atoms with E-state index in [0.717, 1.165) is 0 Å². The molecule has 0 bridgehead atoms. The van der Waals surface area contributed by atoms with Crippen molar-refractivity contribution in [2.75, 3.05) is 16.8 Å². The van der Waals surface area contributed by atoms with Gasteiger partial charge in [-0.2, -0.15) is 0 Å². The number of aryl methyl sites for hydroxylation is 1. The Bertz CT molecular complexity index is 630. The van der Waals surface area contributed by atoms with Crippen LogP contribution in [0.2, 0.25) is 5.02 Å². The van der Waals surface area contributed by atoms with Crippen molar-refractivity contribution in [3.05, 3.63) is 32.8 Å². The van der Waals surface area contributed by atoms with E-state index in [4.69, 9.17) is 11.6 Å². The summed E-state index contributed by atoms with van der Waals surface area (Å²) in [6.45, 7) is 1.72. The van der Waals surface area contributed by atoms with Crippen LogP contribution in [0.15, 0.2) is 12.1 Å². The van der Waals surface area contributed by atoms with Crippen molar-refractivity contribution < 1.29 is 13.3 Å². The number of hydrogen-bond donors (Lipinski definition) is 1. The fourth-order valence-corrected chi connectivity index (χ4v) is 4.00. The minimum Gasteiger partial charge on any atom is -0.381 e. The maximum atomic E-state index is 11.4. The van der Waals surface area contributed by atoms with Gasteiger partial charge in [-0.3, -0.25) is 10.1 Å². The summed E-state index contributed by atoms with van der Waals surface area (Å²) < 4.78 is 22.7. The first-order valence-corrected chi connectivity index (χ1v) is 7.90. The van der Waals surface area contributed by atoms with Crippen molar-refractivity contribution in [2.45, 2.75) is 19.4 Å². The van der Waals surface area contributed by atoms with Crippen molar-refractivity contribution in [2.24, 2.45) is 0 Å². The van der Waals surface area contributed by atoms with Crippen LogP contribution in [-0.2, 0) is 9.84 Å². The topological polar surface area (TPSA) is 89.3 Å². The Kier molecular flexibility index (Phi) is 3.69. The van der Waals surface area contributed by atoms with Crippen LogP contribution in [0.25, 0.3) is 0 Å². The number of nitrogens with zero attached hydrogens (tertiary/aromatic N) is 1. The molecule has 0 aliphatic carbocycles. The van der Waals surface area contributed by atoms with Gasteiger partial charge in [0.25, 0.3) is 5.69 Å². The molecule has 1 aromatic carbocycles. The van der Waals surface area contributed by atoms with Gasteiger partial charge in [-0.1, -0.05) is 11.6 Å². The third kappa shape index (κ3) is 3.16. The Hall–Kier alpha value is -1.34. The van der Waals surface area contributed by atoms with Crippen molar-refractivity contribution in [3.8, 4) is 0 Å². The summed E-state index contributed by atoms with van der Waals surface area (Å²) in [5, 5.41) is 13.9. The number of nitrogens with one attached hydrogen (secondary N) is 1. The molecule has 19 heavy (non-hydrogen) atoms. The molecule has 6 nitrogen and oxygen atoms in total. The summed E-state index contributed by atoms with van der Waals surface area (Å²) in [7, 11) is -2.96. The summed E-state index contributed by atoms with van der Waals surface area (Å²) >= 11 is 5.84. The highest BCUT2D eigenvalue weighted by atomic mass is 35.5. The van der Waals surface area contributed by atoms with Gasteiger partial charge in [-0.05, 0) is 25.0 Å². The van der Waals surface area contributed by atoms with Gasteiger partial charge in [0, 0.05) is 17.8 Å². The van der Waals surface area contributed by atoms with Gasteiger partial charge in [-0.15, -0.1) is 0 Å². The quantitative estimate of drug-likeness (QED) is 0.682. The van der Waals surface area contributed by atoms with Crippen LogP contribution in [0, 0.1) is 17.0 Å². The van der Waals surface area contributed by atoms with Crippen LogP contribution < -0.4 is 5.32 Å². The molecule has 1 aliphatic rings. The van der Waals surface area contributed by atoms with E-state index in [9.17, 15) is 18.5 Å². The monoisotopic (exact) mass is 304 g/mol. The van der Waals surface area contributed by atoms with Crippen LogP contribution in [0.4, 0.5) is 11.4 Å². The number of halogens is 1. The number of benzene rings is 1. The van der Waals surface area contributed by atoms with Gasteiger partial charge >= 0.3 is 0 Å². The first-order valence-electron chi connectivity index (χ1n) is 5.70. The first-order chi connectivity index (χ1) is 8.78. The number of nitro benzene ring substituents is 1. The lowest BCUT2D eigenvalue weighted by molar-refractivity contribution is -0.384. The summed E-state index contributed by atoms with van der Waals surface area (Å²) in [4.78, 5) is 10.2. The van der Waals surface area contributed by atoms with Gasteiger partial charge in [0.15, 0.2) is 9.84 Å². The smallest absolute Gasteiger partial charge is 0.288 e. The van der Waals surface area contributed by atoms with Crippen LogP contribution in [0.3, 0.4) is 0 Å². The largest absolute Gasteiger partial charge is 0.381 e. The highest BCUT2D eigenvalue weighted by Gasteiger charge is 2.28. The Labute approximate surface area is 115 Å². The number of hydrogen-bond acceptors (Lipinski definition) is 5. The molecule has 1 aliphatic heterocycles. The third-order valence-corrected chi connectivity index (χ3v) is 5.15. The molecule has 0 spiro atoms. The Morgan fingerprint density at radius 1 is 1.47 bits per heavy atom. The predicted molar refractivity (Wildman–Crippen MR) is 73.5 cm³/mol. The molecule has 1 aromatic rings. The molecule has 2 rings (SSSR count). The second-order valence-corrected chi connectivity index (χ2v) is 7.26. The fourth-order valence-electron chi connectivity index (χ4n) is 2.09. The zero-order valence-electron chi connectivity index (χ0n) is 10.2. The maximum Gasteiger partial charge on any atom is 0.288 e. The van der Waals surface area contributed by atoms with Gasteiger partial charge in [0.2, 0.25) is 0 Å². The molecule has 104 valence electrons. The molecule has 1 fully saturated rings. The zero-order valence-corrected chi connectivity index (χ0v) is 11.8. The lowest BCUT2D eigenvalue weighted by atomic mass is 10.1. The van der Waals surface area contributed by atoms with Crippen molar-refractivity contribution in [1.29, 1.82) is 0 Å². The van der Waals surface area contributed by atoms with E-state index in [1.54, 1.807) is 6.92 Å². The molecule has 1 N–H and O–H groups in total. The lowest BCUT2D eigenvalue weighted by Crippen LogP contribution is -2.21. The van der Waals surface area contributed by atoms with Crippen molar-refractivity contribution in [3.63, 3.8) is 0 Å². The SMILES string of the molecule is Cc1cc([N+](=O)[O-])c(Cl)cc1NC1CCS(=O)(=O)C1. The molecule has 0 radical (unpaired) electrons. The van der Waals surface area contributed by atoms with Crippen LogP contribution in [-0.4, -0.2) is 30.9 Å². The average molecular weight is 305 g/mol. The summed E-state index contributed by atoms with van der Waals surface area (Å²) in [6.07, 6.45) is 0.538. The van der Waals surface area contributed by atoms with E-state index in [-0.39, 0.29) is 28.3 Å².